The molecule has 0 spiro atoms. The van der Waals surface area contributed by atoms with Crippen LogP contribution in [0.25, 0.3) is 45.0 Å². The minimum absolute atomic E-state index is 0.298. The van der Waals surface area contributed by atoms with Crippen molar-refractivity contribution in [1.29, 1.82) is 0 Å². The number of H-pyrrole nitrogens is 1. The molecule has 0 bridgehead atoms. The van der Waals surface area contributed by atoms with Gasteiger partial charge in [-0.3, -0.25) is 16.0 Å². The van der Waals surface area contributed by atoms with Gasteiger partial charge in [0.1, 0.15) is 18.2 Å². The highest BCUT2D eigenvalue weighted by Crippen LogP contribution is 2.36. The van der Waals surface area contributed by atoms with Crippen LogP contribution in [0, 0.1) is 27.7 Å². The average Bonchev–Trinajstić information content (AvgIpc) is 3.67. The van der Waals surface area contributed by atoms with Gasteiger partial charge < -0.3 is 14.2 Å². The van der Waals surface area contributed by atoms with Crippen molar-refractivity contribution >= 4 is 20.0 Å². The molecule has 0 aliphatic carbocycles. The van der Waals surface area contributed by atoms with Crippen molar-refractivity contribution in [3.63, 3.8) is 0 Å². The second kappa shape index (κ2) is 15.3. The molecule has 3 N–H and O–H groups in total. The molecule has 0 radical (unpaired) electrons. The molecule has 2 aromatic carbocycles. The zero-order valence-corrected chi connectivity index (χ0v) is 32.3. The number of methoxy groups -OCH3 is 2. The van der Waals surface area contributed by atoms with E-state index in [1.54, 1.807) is 14.2 Å². The maximum atomic E-state index is 6.19. The molecule has 0 fully saturated rings. The third-order valence-corrected chi connectivity index (χ3v) is 10.2. The van der Waals surface area contributed by atoms with Gasteiger partial charge >= 0.3 is 0 Å². The minimum atomic E-state index is -1.26. The first kappa shape index (κ1) is 36.2. The number of aromatic amines is 1. The number of ether oxygens (including phenoxy) is 3. The van der Waals surface area contributed by atoms with E-state index in [9.17, 15) is 0 Å². The summed E-state index contributed by atoms with van der Waals surface area (Å²) in [4.78, 5) is 19.1. The Balaban J connectivity index is 1.31. The largest absolute Gasteiger partial charge is 0.497 e. The van der Waals surface area contributed by atoms with Gasteiger partial charge in [0.25, 0.3) is 0 Å². The Hall–Kier alpha value is -5.60. The van der Waals surface area contributed by atoms with Crippen LogP contribution in [0.5, 0.6) is 11.5 Å². The van der Waals surface area contributed by atoms with E-state index in [1.807, 2.05) is 93.0 Å². The molecule has 0 saturated heterocycles. The fourth-order valence-corrected chi connectivity index (χ4v) is 6.66. The number of nitrogens with one attached hydrogen (secondary N) is 3. The summed E-state index contributed by atoms with van der Waals surface area (Å²) >= 11 is 0. The Kier molecular flexibility index (Phi) is 10.7. The summed E-state index contributed by atoms with van der Waals surface area (Å²) in [7, 11) is 2.05. The molecule has 0 aliphatic heterocycles. The van der Waals surface area contributed by atoms with Gasteiger partial charge in [-0.2, -0.15) is 10.2 Å². The lowest BCUT2D eigenvalue weighted by atomic mass is 10.0. The first-order valence-corrected chi connectivity index (χ1v) is 20.9. The smallest absolute Gasteiger partial charge is 0.242 e. The van der Waals surface area contributed by atoms with Crippen molar-refractivity contribution in [1.82, 2.24) is 39.9 Å². The summed E-state index contributed by atoms with van der Waals surface area (Å²) in [6.45, 7) is 15.8. The van der Waals surface area contributed by atoms with E-state index < -0.39 is 8.07 Å². The fourth-order valence-electron chi connectivity index (χ4n) is 5.91. The second-order valence-corrected chi connectivity index (χ2v) is 19.5. The van der Waals surface area contributed by atoms with Crippen LogP contribution in [-0.4, -0.2) is 68.8 Å². The number of aryl methyl sites for hydroxylation is 4. The van der Waals surface area contributed by atoms with Gasteiger partial charge in [0, 0.05) is 37.2 Å². The summed E-state index contributed by atoms with van der Waals surface area (Å²) in [5.41, 5.74) is 16.4. The molecule has 0 atom stereocenters. The molecule has 0 unspecified atom stereocenters. The quantitative estimate of drug-likeness (QED) is 0.0574. The Morgan fingerprint density at radius 3 is 1.79 bits per heavy atom. The molecule has 0 saturated carbocycles. The van der Waals surface area contributed by atoms with Gasteiger partial charge in [-0.05, 0) is 81.3 Å². The van der Waals surface area contributed by atoms with Crippen LogP contribution in [0.2, 0.25) is 25.7 Å². The van der Waals surface area contributed by atoms with Gasteiger partial charge in [0.05, 0.1) is 48.4 Å². The first-order valence-electron chi connectivity index (χ1n) is 17.2. The molecule has 270 valence electrons. The molecule has 4 aromatic heterocycles. The lowest BCUT2D eigenvalue weighted by Gasteiger charge is -2.16. The van der Waals surface area contributed by atoms with E-state index >= 15 is 0 Å². The molecule has 4 heterocycles. The van der Waals surface area contributed by atoms with Crippen LogP contribution >= 0.6 is 0 Å². The van der Waals surface area contributed by atoms with Crippen LogP contribution in [0.1, 0.15) is 22.8 Å². The molecule has 0 amide bonds. The molecule has 13 nitrogen and oxygen atoms in total. The van der Waals surface area contributed by atoms with Gasteiger partial charge in [0.15, 0.2) is 0 Å². The lowest BCUT2D eigenvalue weighted by molar-refractivity contribution is 0.0795. The zero-order chi connectivity index (χ0) is 37.0. The van der Waals surface area contributed by atoms with Gasteiger partial charge in [0.2, 0.25) is 11.9 Å². The van der Waals surface area contributed by atoms with Crippen LogP contribution in [0.4, 0.5) is 11.9 Å². The number of anilines is 2. The van der Waals surface area contributed by atoms with Crippen molar-refractivity contribution in [2.24, 2.45) is 0 Å². The number of hydrazine groups is 1. The molecule has 0 aliphatic rings. The molecule has 6 aromatic rings. The highest BCUT2D eigenvalue weighted by atomic mass is 28.3. The summed E-state index contributed by atoms with van der Waals surface area (Å²) in [6.07, 6.45) is 0. The Labute approximate surface area is 305 Å². The van der Waals surface area contributed by atoms with Crippen molar-refractivity contribution in [2.75, 3.05) is 31.7 Å². The van der Waals surface area contributed by atoms with Crippen LogP contribution in [0.15, 0.2) is 60.7 Å². The number of nitrogens with zero attached hydrogens (tertiary/aromatic N) is 7. The van der Waals surface area contributed by atoms with Gasteiger partial charge in [-0.1, -0.05) is 43.9 Å². The normalized spacial score (nSPS) is 11.5. The molecular formula is C38H46N10O3Si. The first-order chi connectivity index (χ1) is 24.9. The lowest BCUT2D eigenvalue weighted by Crippen LogP contribution is -2.22. The topological polar surface area (TPSA) is 150 Å². The number of hydrogen-bond donors (Lipinski definition) is 3. The Morgan fingerprint density at radius 2 is 1.23 bits per heavy atom. The highest BCUT2D eigenvalue weighted by molar-refractivity contribution is 6.76. The monoisotopic (exact) mass is 718 g/mol. The highest BCUT2D eigenvalue weighted by Gasteiger charge is 2.22. The van der Waals surface area contributed by atoms with Gasteiger partial charge in [-0.25, -0.2) is 24.6 Å². The van der Waals surface area contributed by atoms with Crippen LogP contribution in [-0.2, 0) is 11.5 Å². The summed E-state index contributed by atoms with van der Waals surface area (Å²) in [6, 6.07) is 20.8. The van der Waals surface area contributed by atoms with E-state index in [0.717, 1.165) is 74.0 Å². The van der Waals surface area contributed by atoms with E-state index in [0.29, 0.717) is 36.6 Å². The Morgan fingerprint density at radius 1 is 0.692 bits per heavy atom. The standard InChI is InChI=1S/C38H46N10O3Si/c1-23-20-31(35-33(25(3)43-44-35)27-10-14-29(49-5)15-11-27)41-37(39-23)45-46-38-40-24(2)21-32(42-38)36-34(28-12-16-30(50-6)17-13-28)26(4)47-48(36)22-51-18-19-52(7,8)9/h10-17,20-21H,18-19,22H2,1-9H3,(H,43,44)(H,39,41,45)(H,40,42,46). The second-order valence-electron chi connectivity index (χ2n) is 13.9. The zero-order valence-electron chi connectivity index (χ0n) is 31.3. The average molecular weight is 719 g/mol. The van der Waals surface area contributed by atoms with Crippen LogP contribution < -0.4 is 20.3 Å². The van der Waals surface area contributed by atoms with E-state index in [2.05, 4.69) is 50.7 Å². The van der Waals surface area contributed by atoms with Crippen LogP contribution in [0.3, 0.4) is 0 Å². The Bertz CT molecular complexity index is 2160. The van der Waals surface area contributed by atoms with E-state index in [4.69, 9.17) is 29.3 Å². The van der Waals surface area contributed by atoms with Crippen molar-refractivity contribution in [3.8, 4) is 56.5 Å². The molecular weight excluding hydrogens is 673 g/mol. The van der Waals surface area contributed by atoms with Gasteiger partial charge in [-0.15, -0.1) is 0 Å². The van der Waals surface area contributed by atoms with E-state index in [1.165, 1.54) is 0 Å². The maximum absolute atomic E-state index is 6.19. The summed E-state index contributed by atoms with van der Waals surface area (Å²) < 4.78 is 18.9. The summed E-state index contributed by atoms with van der Waals surface area (Å²) in [5.74, 6) is 2.27. The number of aromatic nitrogens is 8. The molecule has 52 heavy (non-hydrogen) atoms. The fraction of sp³-hybridized carbons (Fsp3) is 0.316. The number of rotatable bonds is 14. The van der Waals surface area contributed by atoms with Crippen molar-refractivity contribution < 1.29 is 14.2 Å². The third-order valence-electron chi connectivity index (χ3n) is 8.54. The van der Waals surface area contributed by atoms with Crippen molar-refractivity contribution in [3.05, 3.63) is 83.4 Å². The number of hydrogen-bond acceptors (Lipinski definition) is 11. The maximum Gasteiger partial charge on any atom is 0.242 e. The third kappa shape index (κ3) is 8.30. The predicted octanol–water partition coefficient (Wildman–Crippen LogP) is 7.86. The molecule has 14 heteroatoms. The SMILES string of the molecule is COc1ccc(-c2c(C)n[nH]c2-c2cc(C)nc(NNc3nc(C)cc(-c4c(-c5ccc(OC)cc5)c(C)nn4COCC[Si](C)(C)C)n3)n2)cc1. The molecule has 6 rings (SSSR count). The summed E-state index contributed by atoms with van der Waals surface area (Å²) in [5, 5.41) is 12.6. The van der Waals surface area contributed by atoms with Crippen molar-refractivity contribution in [2.45, 2.75) is 60.1 Å². The number of benzene rings is 2. The minimum Gasteiger partial charge on any atom is -0.497 e. The predicted molar refractivity (Wildman–Crippen MR) is 207 cm³/mol. The van der Waals surface area contributed by atoms with E-state index in [-0.39, 0.29) is 0 Å².